The van der Waals surface area contributed by atoms with Crippen molar-refractivity contribution in [2.45, 2.75) is 13.3 Å². The van der Waals surface area contributed by atoms with Crippen LogP contribution in [-0.2, 0) is 4.74 Å². The Hall–Kier alpha value is -1.55. The number of carboxylic acid groups (broad SMARTS) is 1. The number of ether oxygens (including phenoxy) is 2. The summed E-state index contributed by atoms with van der Waals surface area (Å²) in [7, 11) is 1.67. The summed E-state index contributed by atoms with van der Waals surface area (Å²) in [6, 6.07) is 6.41. The summed E-state index contributed by atoms with van der Waals surface area (Å²) >= 11 is 0. The zero-order chi connectivity index (χ0) is 12.7. The quantitative estimate of drug-likeness (QED) is 0.792. The van der Waals surface area contributed by atoms with Crippen molar-refractivity contribution in [1.29, 1.82) is 0 Å². The summed E-state index contributed by atoms with van der Waals surface area (Å²) in [4.78, 5) is 10.7. The largest absolute Gasteiger partial charge is 0.493 e. The van der Waals surface area contributed by atoms with Crippen LogP contribution >= 0.6 is 0 Å². The predicted octanol–water partition coefficient (Wildman–Crippen LogP) is 2.44. The molecule has 1 aromatic carbocycles. The van der Waals surface area contributed by atoms with Crippen LogP contribution in [0.2, 0.25) is 0 Å². The third-order valence-electron chi connectivity index (χ3n) is 2.57. The highest BCUT2D eigenvalue weighted by atomic mass is 16.5. The SMILES string of the molecule is CCC(COC)COc1ccc(C(=O)O)cc1. The van der Waals surface area contributed by atoms with E-state index in [0.29, 0.717) is 24.9 Å². The smallest absolute Gasteiger partial charge is 0.335 e. The Morgan fingerprint density at radius 1 is 1.29 bits per heavy atom. The van der Waals surface area contributed by atoms with Gasteiger partial charge in [-0.1, -0.05) is 6.92 Å². The van der Waals surface area contributed by atoms with Crippen molar-refractivity contribution >= 4 is 5.97 Å². The number of hydrogen-bond acceptors (Lipinski definition) is 3. The van der Waals surface area contributed by atoms with E-state index >= 15 is 0 Å². The number of rotatable bonds is 7. The number of carboxylic acids is 1. The molecule has 0 amide bonds. The standard InChI is InChI=1S/C13H18O4/c1-3-10(8-16-2)9-17-12-6-4-11(5-7-12)13(14)15/h4-7,10H,3,8-9H2,1-2H3,(H,14,15). The van der Waals surface area contributed by atoms with Gasteiger partial charge >= 0.3 is 5.97 Å². The van der Waals surface area contributed by atoms with Gasteiger partial charge in [0.05, 0.1) is 18.8 Å². The Balaban J connectivity index is 2.48. The van der Waals surface area contributed by atoms with Gasteiger partial charge in [0, 0.05) is 13.0 Å². The minimum absolute atomic E-state index is 0.265. The molecule has 0 aliphatic rings. The molecule has 0 aromatic heterocycles. The maximum atomic E-state index is 10.7. The average Bonchev–Trinajstić information content (AvgIpc) is 2.35. The van der Waals surface area contributed by atoms with E-state index in [1.807, 2.05) is 0 Å². The molecule has 0 fully saturated rings. The number of methoxy groups -OCH3 is 1. The fraction of sp³-hybridized carbons (Fsp3) is 0.462. The molecule has 1 aromatic rings. The molecule has 1 rings (SSSR count). The van der Waals surface area contributed by atoms with E-state index in [1.54, 1.807) is 19.2 Å². The molecule has 17 heavy (non-hydrogen) atoms. The first-order valence-corrected chi connectivity index (χ1v) is 5.62. The van der Waals surface area contributed by atoms with Crippen LogP contribution < -0.4 is 4.74 Å². The van der Waals surface area contributed by atoms with Gasteiger partial charge in [-0.2, -0.15) is 0 Å². The number of aromatic carboxylic acids is 1. The van der Waals surface area contributed by atoms with E-state index in [9.17, 15) is 4.79 Å². The summed E-state index contributed by atoms with van der Waals surface area (Å²) in [5.41, 5.74) is 0.265. The van der Waals surface area contributed by atoms with Crippen LogP contribution in [0.25, 0.3) is 0 Å². The lowest BCUT2D eigenvalue weighted by molar-refractivity contribution is 0.0697. The van der Waals surface area contributed by atoms with Gasteiger partial charge in [0.15, 0.2) is 0 Å². The highest BCUT2D eigenvalue weighted by molar-refractivity contribution is 5.87. The molecule has 0 bridgehead atoms. The average molecular weight is 238 g/mol. The number of benzene rings is 1. The molecule has 0 saturated heterocycles. The maximum absolute atomic E-state index is 10.7. The zero-order valence-electron chi connectivity index (χ0n) is 10.2. The summed E-state index contributed by atoms with van der Waals surface area (Å²) in [6.45, 7) is 3.33. The Bertz CT molecular complexity index is 345. The van der Waals surface area contributed by atoms with E-state index in [0.717, 1.165) is 6.42 Å². The second-order valence-electron chi connectivity index (χ2n) is 3.87. The van der Waals surface area contributed by atoms with Gasteiger partial charge in [-0.05, 0) is 30.7 Å². The first-order chi connectivity index (χ1) is 8.17. The van der Waals surface area contributed by atoms with E-state index in [2.05, 4.69) is 6.92 Å². The first-order valence-electron chi connectivity index (χ1n) is 5.62. The van der Waals surface area contributed by atoms with Crippen molar-refractivity contribution in [2.24, 2.45) is 5.92 Å². The van der Waals surface area contributed by atoms with Crippen LogP contribution in [0.3, 0.4) is 0 Å². The molecule has 0 heterocycles. The molecule has 0 aliphatic carbocycles. The minimum atomic E-state index is -0.928. The monoisotopic (exact) mass is 238 g/mol. The van der Waals surface area contributed by atoms with Crippen molar-refractivity contribution in [3.63, 3.8) is 0 Å². The van der Waals surface area contributed by atoms with E-state index < -0.39 is 5.97 Å². The summed E-state index contributed by atoms with van der Waals surface area (Å²) in [5, 5.41) is 8.74. The highest BCUT2D eigenvalue weighted by Gasteiger charge is 2.07. The molecule has 0 spiro atoms. The Morgan fingerprint density at radius 3 is 2.41 bits per heavy atom. The van der Waals surface area contributed by atoms with Gasteiger partial charge < -0.3 is 14.6 Å². The van der Waals surface area contributed by atoms with Crippen LogP contribution in [0.4, 0.5) is 0 Å². The van der Waals surface area contributed by atoms with E-state index in [-0.39, 0.29) is 5.56 Å². The van der Waals surface area contributed by atoms with Crippen molar-refractivity contribution in [3.8, 4) is 5.75 Å². The highest BCUT2D eigenvalue weighted by Crippen LogP contribution is 2.14. The van der Waals surface area contributed by atoms with Gasteiger partial charge in [0.25, 0.3) is 0 Å². The second kappa shape index (κ2) is 6.91. The van der Waals surface area contributed by atoms with Gasteiger partial charge in [-0.25, -0.2) is 4.79 Å². The normalized spacial score (nSPS) is 12.1. The Kier molecular flexibility index (Phi) is 5.49. The lowest BCUT2D eigenvalue weighted by Gasteiger charge is -2.14. The van der Waals surface area contributed by atoms with E-state index in [4.69, 9.17) is 14.6 Å². The van der Waals surface area contributed by atoms with Gasteiger partial charge in [0.1, 0.15) is 5.75 Å². The lowest BCUT2D eigenvalue weighted by Crippen LogP contribution is -2.16. The van der Waals surface area contributed by atoms with Crippen LogP contribution in [0.5, 0.6) is 5.75 Å². The molecule has 0 aliphatic heterocycles. The molecular weight excluding hydrogens is 220 g/mol. The second-order valence-corrected chi connectivity index (χ2v) is 3.87. The molecule has 94 valence electrons. The zero-order valence-corrected chi connectivity index (χ0v) is 10.2. The third-order valence-corrected chi connectivity index (χ3v) is 2.57. The van der Waals surface area contributed by atoms with Crippen molar-refractivity contribution in [1.82, 2.24) is 0 Å². The van der Waals surface area contributed by atoms with Gasteiger partial charge in [0.2, 0.25) is 0 Å². The summed E-state index contributed by atoms with van der Waals surface area (Å²) in [5.74, 6) is 0.117. The third kappa shape index (κ3) is 4.44. The fourth-order valence-electron chi connectivity index (χ4n) is 1.43. The maximum Gasteiger partial charge on any atom is 0.335 e. The molecular formula is C13H18O4. The van der Waals surface area contributed by atoms with Crippen molar-refractivity contribution < 1.29 is 19.4 Å². The fourth-order valence-corrected chi connectivity index (χ4v) is 1.43. The number of hydrogen-bond donors (Lipinski definition) is 1. The summed E-state index contributed by atoms with van der Waals surface area (Å²) < 4.78 is 10.6. The van der Waals surface area contributed by atoms with Gasteiger partial charge in [-0.3, -0.25) is 0 Å². The number of carbonyl (C=O) groups is 1. The minimum Gasteiger partial charge on any atom is -0.493 e. The molecule has 0 radical (unpaired) electrons. The van der Waals surface area contributed by atoms with Crippen LogP contribution in [-0.4, -0.2) is 31.4 Å². The molecule has 4 nitrogen and oxygen atoms in total. The Morgan fingerprint density at radius 2 is 1.94 bits per heavy atom. The van der Waals surface area contributed by atoms with Crippen molar-refractivity contribution in [2.75, 3.05) is 20.3 Å². The molecule has 0 saturated carbocycles. The Labute approximate surface area is 101 Å². The van der Waals surface area contributed by atoms with Gasteiger partial charge in [-0.15, -0.1) is 0 Å². The lowest BCUT2D eigenvalue weighted by atomic mass is 10.1. The molecule has 1 atom stereocenters. The van der Waals surface area contributed by atoms with Crippen LogP contribution in [0.15, 0.2) is 24.3 Å². The molecule has 4 heteroatoms. The molecule has 1 N–H and O–H groups in total. The van der Waals surface area contributed by atoms with Crippen LogP contribution in [0.1, 0.15) is 23.7 Å². The first kappa shape index (κ1) is 13.5. The topological polar surface area (TPSA) is 55.8 Å². The van der Waals surface area contributed by atoms with E-state index in [1.165, 1.54) is 12.1 Å². The predicted molar refractivity (Wildman–Crippen MR) is 64.6 cm³/mol. The summed E-state index contributed by atoms with van der Waals surface area (Å²) in [6.07, 6.45) is 0.987. The molecule has 1 unspecified atom stereocenters. The van der Waals surface area contributed by atoms with Crippen LogP contribution in [0, 0.1) is 5.92 Å². The van der Waals surface area contributed by atoms with Crippen molar-refractivity contribution in [3.05, 3.63) is 29.8 Å².